The molecule has 0 aliphatic heterocycles. The summed E-state index contributed by atoms with van der Waals surface area (Å²) in [6, 6.07) is 0. The summed E-state index contributed by atoms with van der Waals surface area (Å²) >= 11 is 0. The first-order chi connectivity index (χ1) is 12.8. The van der Waals surface area contributed by atoms with Crippen LogP contribution in [0.4, 0.5) is 0 Å². The molecular formula is C21H30O7. The molecule has 3 aliphatic carbocycles. The Bertz CT molecular complexity index is 730. The van der Waals surface area contributed by atoms with Gasteiger partial charge in [-0.15, -0.1) is 0 Å². The molecule has 0 aromatic rings. The quantitative estimate of drug-likeness (QED) is 0.443. The van der Waals surface area contributed by atoms with E-state index in [0.717, 1.165) is 0 Å². The molecule has 0 aromatic heterocycles. The lowest BCUT2D eigenvalue weighted by Crippen LogP contribution is -2.49. The van der Waals surface area contributed by atoms with Gasteiger partial charge >= 0.3 is 17.9 Å². The molecule has 0 saturated heterocycles. The average molecular weight is 394 g/mol. The van der Waals surface area contributed by atoms with Gasteiger partial charge in [0, 0.05) is 37.5 Å². The van der Waals surface area contributed by atoms with Crippen LogP contribution >= 0.6 is 0 Å². The molecule has 0 aromatic carbocycles. The highest BCUT2D eigenvalue weighted by Gasteiger charge is 2.75. The number of hydrogen-bond acceptors (Lipinski definition) is 7. The van der Waals surface area contributed by atoms with Gasteiger partial charge < -0.3 is 19.3 Å². The Morgan fingerprint density at radius 3 is 2.21 bits per heavy atom. The monoisotopic (exact) mass is 394 g/mol. The zero-order valence-electron chi connectivity index (χ0n) is 17.2. The summed E-state index contributed by atoms with van der Waals surface area (Å²) in [5, 5.41) is 11.9. The molecule has 3 fully saturated rings. The van der Waals surface area contributed by atoms with Gasteiger partial charge in [0.1, 0.15) is 12.2 Å². The second-order valence-electron chi connectivity index (χ2n) is 9.26. The minimum Gasteiger partial charge on any atom is -0.465 e. The predicted octanol–water partition coefficient (Wildman–Crippen LogP) is 2.16. The number of aliphatic hydroxyl groups is 1. The third kappa shape index (κ3) is 2.95. The fourth-order valence-corrected chi connectivity index (χ4v) is 6.44. The minimum absolute atomic E-state index is 0.112. The van der Waals surface area contributed by atoms with Crippen molar-refractivity contribution < 1.29 is 33.7 Å². The van der Waals surface area contributed by atoms with Crippen molar-refractivity contribution in [1.82, 2.24) is 0 Å². The molecular weight excluding hydrogens is 364 g/mol. The van der Waals surface area contributed by atoms with E-state index >= 15 is 0 Å². The topological polar surface area (TPSA) is 99.1 Å². The summed E-state index contributed by atoms with van der Waals surface area (Å²) in [7, 11) is 0. The summed E-state index contributed by atoms with van der Waals surface area (Å²) in [5.74, 6) is -1.71. The molecule has 3 aliphatic rings. The molecule has 0 radical (unpaired) electrons. The van der Waals surface area contributed by atoms with E-state index in [1.54, 1.807) is 0 Å². The first-order valence-electron chi connectivity index (χ1n) is 9.74. The summed E-state index contributed by atoms with van der Waals surface area (Å²) in [4.78, 5) is 34.7. The molecule has 28 heavy (non-hydrogen) atoms. The van der Waals surface area contributed by atoms with Crippen molar-refractivity contribution in [3.8, 4) is 0 Å². The number of ether oxygens (including phenoxy) is 3. The van der Waals surface area contributed by atoms with Crippen molar-refractivity contribution >= 4 is 17.9 Å². The molecule has 7 nitrogen and oxygen atoms in total. The lowest BCUT2D eigenvalue weighted by atomic mass is 9.65. The predicted molar refractivity (Wildman–Crippen MR) is 98.9 cm³/mol. The normalized spacial score (nSPS) is 44.0. The summed E-state index contributed by atoms with van der Waals surface area (Å²) in [6.45, 7) is 12.2. The largest absolute Gasteiger partial charge is 0.465 e. The van der Waals surface area contributed by atoms with Gasteiger partial charge in [0.2, 0.25) is 0 Å². The molecule has 3 saturated carbocycles. The maximum atomic E-state index is 11.9. The third-order valence-corrected chi connectivity index (χ3v) is 7.12. The van der Waals surface area contributed by atoms with Crippen molar-refractivity contribution in [2.24, 2.45) is 22.7 Å². The van der Waals surface area contributed by atoms with Crippen LogP contribution in [-0.2, 0) is 28.6 Å². The van der Waals surface area contributed by atoms with Crippen LogP contribution in [0.2, 0.25) is 0 Å². The van der Waals surface area contributed by atoms with E-state index in [4.69, 9.17) is 14.2 Å². The molecule has 7 heteroatoms. The van der Waals surface area contributed by atoms with Crippen LogP contribution in [0.1, 0.15) is 53.9 Å². The smallest absolute Gasteiger partial charge is 0.303 e. The van der Waals surface area contributed by atoms with Crippen molar-refractivity contribution in [3.05, 3.63) is 12.2 Å². The van der Waals surface area contributed by atoms with E-state index in [2.05, 4.69) is 6.58 Å². The van der Waals surface area contributed by atoms with E-state index < -0.39 is 40.6 Å². The number of carbonyl (C=O) groups is 3. The number of fused-ring (bicyclic) bond motifs is 3. The molecule has 0 amide bonds. The zero-order chi connectivity index (χ0) is 21.1. The molecule has 3 rings (SSSR count). The maximum absolute atomic E-state index is 11.9. The minimum atomic E-state index is -1.28. The van der Waals surface area contributed by atoms with E-state index in [0.29, 0.717) is 24.8 Å². The second-order valence-corrected chi connectivity index (χ2v) is 9.26. The van der Waals surface area contributed by atoms with Gasteiger partial charge in [0.15, 0.2) is 0 Å². The molecule has 7 atom stereocenters. The average Bonchev–Trinajstić information content (AvgIpc) is 3.00. The van der Waals surface area contributed by atoms with Crippen molar-refractivity contribution in [1.29, 1.82) is 0 Å². The first-order valence-corrected chi connectivity index (χ1v) is 9.74. The SMILES string of the molecule is C=C1[C@@H](OC(C)=O)C[C@@H]2C[C@]3(C)[C@@H](OC(C)=O)C[C@@](C)(COC(C)=O)[C@@H]3[C@@]12O. The maximum Gasteiger partial charge on any atom is 0.303 e. The van der Waals surface area contributed by atoms with Crippen LogP contribution < -0.4 is 0 Å². The Hall–Kier alpha value is -1.89. The first kappa shape index (κ1) is 20.8. The number of rotatable bonds is 4. The molecule has 1 N–H and O–H groups in total. The van der Waals surface area contributed by atoms with Crippen LogP contribution in [0.3, 0.4) is 0 Å². The fourth-order valence-electron chi connectivity index (χ4n) is 6.44. The van der Waals surface area contributed by atoms with Crippen LogP contribution in [-0.4, -0.2) is 47.4 Å². The highest BCUT2D eigenvalue weighted by atomic mass is 16.6. The molecule has 0 spiro atoms. The van der Waals surface area contributed by atoms with E-state index in [-0.39, 0.29) is 24.4 Å². The van der Waals surface area contributed by atoms with Crippen LogP contribution in [0.15, 0.2) is 12.2 Å². The van der Waals surface area contributed by atoms with Gasteiger partial charge in [-0.3, -0.25) is 14.4 Å². The van der Waals surface area contributed by atoms with Crippen molar-refractivity contribution in [2.75, 3.05) is 6.61 Å². The number of carbonyl (C=O) groups excluding carboxylic acids is 3. The fraction of sp³-hybridized carbons (Fsp3) is 0.762. The number of esters is 3. The zero-order valence-corrected chi connectivity index (χ0v) is 17.2. The lowest BCUT2D eigenvalue weighted by molar-refractivity contribution is -0.153. The van der Waals surface area contributed by atoms with Gasteiger partial charge in [-0.1, -0.05) is 20.4 Å². The lowest BCUT2D eigenvalue weighted by Gasteiger charge is -2.43. The number of hydrogen-bond donors (Lipinski definition) is 1. The summed E-state index contributed by atoms with van der Waals surface area (Å²) < 4.78 is 16.4. The standard InChI is InChI=1S/C21H30O7/c1-11-16(27-13(3)23)7-15-8-20(6)17(28-14(4)24)9-19(5,10-26-12(2)22)18(20)21(11,15)25/h15-18,25H,1,7-10H2,2-6H3/t15-,16+,17+,18+,19+,20-,21-/m1/s1. The Morgan fingerprint density at radius 2 is 1.68 bits per heavy atom. The molecule has 156 valence electrons. The highest BCUT2D eigenvalue weighted by Crippen LogP contribution is 2.72. The van der Waals surface area contributed by atoms with Gasteiger partial charge in [0.05, 0.1) is 12.2 Å². The van der Waals surface area contributed by atoms with Gasteiger partial charge in [-0.05, 0) is 30.8 Å². The molecule has 0 unspecified atom stereocenters. The summed E-state index contributed by atoms with van der Waals surface area (Å²) in [5.41, 5.74) is -1.90. The Kier molecular flexibility index (Phi) is 4.89. The van der Waals surface area contributed by atoms with Crippen LogP contribution in [0.25, 0.3) is 0 Å². The molecule has 0 heterocycles. The van der Waals surface area contributed by atoms with E-state index in [9.17, 15) is 19.5 Å². The van der Waals surface area contributed by atoms with Crippen molar-refractivity contribution in [2.45, 2.75) is 71.7 Å². The van der Waals surface area contributed by atoms with Crippen LogP contribution in [0, 0.1) is 22.7 Å². The Balaban J connectivity index is 2.01. The Labute approximate surface area is 165 Å². The van der Waals surface area contributed by atoms with Gasteiger partial charge in [-0.2, -0.15) is 0 Å². The van der Waals surface area contributed by atoms with Crippen molar-refractivity contribution in [3.63, 3.8) is 0 Å². The Morgan fingerprint density at radius 1 is 1.07 bits per heavy atom. The molecule has 0 bridgehead atoms. The highest BCUT2D eigenvalue weighted by molar-refractivity contribution is 5.67. The van der Waals surface area contributed by atoms with Gasteiger partial charge in [0.25, 0.3) is 0 Å². The van der Waals surface area contributed by atoms with E-state index in [1.807, 2.05) is 13.8 Å². The second kappa shape index (κ2) is 6.58. The van der Waals surface area contributed by atoms with Gasteiger partial charge in [-0.25, -0.2) is 0 Å². The van der Waals surface area contributed by atoms with E-state index in [1.165, 1.54) is 20.8 Å². The van der Waals surface area contributed by atoms with Crippen LogP contribution in [0.5, 0.6) is 0 Å². The summed E-state index contributed by atoms with van der Waals surface area (Å²) in [6.07, 6.45) is 0.630. The third-order valence-electron chi connectivity index (χ3n) is 7.12.